The summed E-state index contributed by atoms with van der Waals surface area (Å²) >= 11 is 0. The van der Waals surface area contributed by atoms with E-state index in [-0.39, 0.29) is 18.9 Å². The van der Waals surface area contributed by atoms with Crippen LogP contribution in [-0.2, 0) is 9.53 Å². The van der Waals surface area contributed by atoms with Crippen LogP contribution < -0.4 is 0 Å². The summed E-state index contributed by atoms with van der Waals surface area (Å²) in [4.78, 5) is 12.7. The van der Waals surface area contributed by atoms with Crippen LogP contribution in [0.25, 0.3) is 0 Å². The first kappa shape index (κ1) is 11.9. The summed E-state index contributed by atoms with van der Waals surface area (Å²) in [7, 11) is 1.56. The van der Waals surface area contributed by atoms with Crippen LogP contribution in [-0.4, -0.2) is 49.3 Å². The van der Waals surface area contributed by atoms with Gasteiger partial charge in [0.25, 0.3) is 0 Å². The first-order valence-electron chi connectivity index (χ1n) is 4.07. The number of terminal acetylenes is 1. The molecule has 0 aliphatic rings. The Morgan fingerprint density at radius 3 is 2.77 bits per heavy atom. The topological polar surface area (TPSA) is 49.8 Å². The van der Waals surface area contributed by atoms with Gasteiger partial charge in [0, 0.05) is 20.2 Å². The Morgan fingerprint density at radius 2 is 2.31 bits per heavy atom. The Bertz CT molecular complexity index is 186. The third kappa shape index (κ3) is 5.23. The summed E-state index contributed by atoms with van der Waals surface area (Å²) in [5.74, 6) is 2.12. The highest BCUT2D eigenvalue weighted by Gasteiger charge is 2.10. The van der Waals surface area contributed by atoms with E-state index in [4.69, 9.17) is 16.3 Å². The molecule has 0 rings (SSSR count). The molecule has 0 aliphatic heterocycles. The van der Waals surface area contributed by atoms with Gasteiger partial charge in [-0.1, -0.05) is 5.92 Å². The lowest BCUT2D eigenvalue weighted by atomic mass is 10.3. The Balaban J connectivity index is 3.92. The third-order valence-electron chi connectivity index (χ3n) is 1.54. The standard InChI is InChI=1S/C9H15NO3/c1-3-4-9(12)10(5-7-11)6-8-13-2/h1,11H,4-8H2,2H3. The average Bonchev–Trinajstić information content (AvgIpc) is 2.12. The molecule has 1 amide bonds. The predicted molar refractivity (Wildman–Crippen MR) is 49.0 cm³/mol. The lowest BCUT2D eigenvalue weighted by molar-refractivity contribution is -0.131. The van der Waals surface area contributed by atoms with Crippen molar-refractivity contribution >= 4 is 5.91 Å². The van der Waals surface area contributed by atoms with Crippen molar-refractivity contribution in [1.82, 2.24) is 4.90 Å². The largest absolute Gasteiger partial charge is 0.395 e. The van der Waals surface area contributed by atoms with Gasteiger partial charge in [0.05, 0.1) is 19.6 Å². The van der Waals surface area contributed by atoms with Crippen molar-refractivity contribution in [2.24, 2.45) is 0 Å². The first-order valence-corrected chi connectivity index (χ1v) is 4.07. The lowest BCUT2D eigenvalue weighted by Crippen LogP contribution is -2.35. The Hall–Kier alpha value is -1.05. The number of aliphatic hydroxyl groups is 1. The smallest absolute Gasteiger partial charge is 0.234 e. The van der Waals surface area contributed by atoms with Crippen LogP contribution in [0.4, 0.5) is 0 Å². The van der Waals surface area contributed by atoms with Crippen molar-refractivity contribution < 1.29 is 14.6 Å². The van der Waals surface area contributed by atoms with Crippen molar-refractivity contribution in [3.8, 4) is 12.3 Å². The zero-order chi connectivity index (χ0) is 10.1. The fraction of sp³-hybridized carbons (Fsp3) is 0.667. The molecule has 0 bridgehead atoms. The maximum Gasteiger partial charge on any atom is 0.234 e. The van der Waals surface area contributed by atoms with Crippen LogP contribution in [0.15, 0.2) is 0 Å². The average molecular weight is 185 g/mol. The molecule has 13 heavy (non-hydrogen) atoms. The third-order valence-corrected chi connectivity index (χ3v) is 1.54. The van der Waals surface area contributed by atoms with E-state index >= 15 is 0 Å². The number of nitrogens with zero attached hydrogens (tertiary/aromatic N) is 1. The summed E-state index contributed by atoms with van der Waals surface area (Å²) in [5, 5.41) is 8.67. The van der Waals surface area contributed by atoms with Gasteiger partial charge in [-0.3, -0.25) is 4.79 Å². The van der Waals surface area contributed by atoms with E-state index in [2.05, 4.69) is 5.92 Å². The maximum atomic E-state index is 11.3. The van der Waals surface area contributed by atoms with Crippen molar-refractivity contribution in [1.29, 1.82) is 0 Å². The molecule has 0 aromatic heterocycles. The zero-order valence-corrected chi connectivity index (χ0v) is 7.82. The summed E-state index contributed by atoms with van der Waals surface area (Å²) < 4.78 is 4.82. The van der Waals surface area contributed by atoms with Crippen LogP contribution in [0.2, 0.25) is 0 Å². The van der Waals surface area contributed by atoms with Gasteiger partial charge in [-0.2, -0.15) is 0 Å². The summed E-state index contributed by atoms with van der Waals surface area (Å²) in [6, 6.07) is 0. The molecule has 4 nitrogen and oxygen atoms in total. The van der Waals surface area contributed by atoms with Crippen LogP contribution in [0.1, 0.15) is 6.42 Å². The Kier molecular flexibility index (Phi) is 6.98. The molecule has 0 aliphatic carbocycles. The number of carbonyl (C=O) groups excluding carboxylic acids is 1. The zero-order valence-electron chi connectivity index (χ0n) is 7.82. The molecule has 0 heterocycles. The second kappa shape index (κ2) is 7.59. The van der Waals surface area contributed by atoms with Crippen LogP contribution in [0.3, 0.4) is 0 Å². The second-order valence-electron chi connectivity index (χ2n) is 2.48. The predicted octanol–water partition coefficient (Wildman–Crippen LogP) is -0.523. The normalized spacial score (nSPS) is 9.31. The molecule has 1 N–H and O–H groups in total. The van der Waals surface area contributed by atoms with Gasteiger partial charge >= 0.3 is 0 Å². The van der Waals surface area contributed by atoms with Gasteiger partial charge in [0.15, 0.2) is 0 Å². The fourth-order valence-corrected chi connectivity index (χ4v) is 0.883. The number of aliphatic hydroxyl groups excluding tert-OH is 1. The van der Waals surface area contributed by atoms with Crippen molar-refractivity contribution in [3.63, 3.8) is 0 Å². The van der Waals surface area contributed by atoms with Crippen molar-refractivity contribution in [2.75, 3.05) is 33.4 Å². The highest BCUT2D eigenvalue weighted by Crippen LogP contribution is 1.93. The number of hydrogen-bond donors (Lipinski definition) is 1. The molecule has 74 valence electrons. The SMILES string of the molecule is C#CCC(=O)N(CCO)CCOC. The van der Waals surface area contributed by atoms with Gasteiger partial charge in [-0.15, -0.1) is 6.42 Å². The maximum absolute atomic E-state index is 11.3. The molecular weight excluding hydrogens is 170 g/mol. The molecule has 0 atom stereocenters. The molecule has 0 aromatic carbocycles. The van der Waals surface area contributed by atoms with E-state index in [0.717, 1.165) is 0 Å². The van der Waals surface area contributed by atoms with E-state index in [0.29, 0.717) is 19.7 Å². The van der Waals surface area contributed by atoms with E-state index in [1.54, 1.807) is 7.11 Å². The van der Waals surface area contributed by atoms with E-state index in [1.807, 2.05) is 0 Å². The van der Waals surface area contributed by atoms with Crippen LogP contribution in [0, 0.1) is 12.3 Å². The van der Waals surface area contributed by atoms with Gasteiger partial charge in [0.2, 0.25) is 5.91 Å². The van der Waals surface area contributed by atoms with E-state index in [9.17, 15) is 4.79 Å². The Morgan fingerprint density at radius 1 is 1.62 bits per heavy atom. The molecular formula is C9H15NO3. The highest BCUT2D eigenvalue weighted by atomic mass is 16.5. The number of ether oxygens (including phenoxy) is 1. The van der Waals surface area contributed by atoms with Crippen LogP contribution in [0.5, 0.6) is 0 Å². The summed E-state index contributed by atoms with van der Waals surface area (Å²) in [5.41, 5.74) is 0. The molecule has 0 radical (unpaired) electrons. The monoisotopic (exact) mass is 185 g/mol. The quantitative estimate of drug-likeness (QED) is 0.566. The molecule has 0 saturated heterocycles. The first-order chi connectivity index (χ1) is 6.26. The lowest BCUT2D eigenvalue weighted by Gasteiger charge is -2.20. The Labute approximate surface area is 78.5 Å². The molecule has 4 heteroatoms. The number of methoxy groups -OCH3 is 1. The summed E-state index contributed by atoms with van der Waals surface area (Å²) in [6.07, 6.45) is 5.07. The minimum absolute atomic E-state index is 0.0555. The van der Waals surface area contributed by atoms with Gasteiger partial charge in [0.1, 0.15) is 0 Å². The van der Waals surface area contributed by atoms with E-state index < -0.39 is 0 Å². The van der Waals surface area contributed by atoms with Gasteiger partial charge in [-0.25, -0.2) is 0 Å². The van der Waals surface area contributed by atoms with Gasteiger partial charge in [-0.05, 0) is 0 Å². The molecule has 0 aromatic rings. The van der Waals surface area contributed by atoms with Gasteiger partial charge < -0.3 is 14.7 Å². The van der Waals surface area contributed by atoms with Crippen molar-refractivity contribution in [3.05, 3.63) is 0 Å². The molecule has 0 spiro atoms. The fourth-order valence-electron chi connectivity index (χ4n) is 0.883. The van der Waals surface area contributed by atoms with Crippen molar-refractivity contribution in [2.45, 2.75) is 6.42 Å². The minimum Gasteiger partial charge on any atom is -0.395 e. The number of amides is 1. The summed E-state index contributed by atoms with van der Waals surface area (Å²) in [6.45, 7) is 1.18. The highest BCUT2D eigenvalue weighted by molar-refractivity contribution is 5.78. The van der Waals surface area contributed by atoms with E-state index in [1.165, 1.54) is 4.90 Å². The number of carbonyl (C=O) groups is 1. The number of rotatable bonds is 6. The molecule has 0 unspecified atom stereocenters. The minimum atomic E-state index is -0.145. The number of hydrogen-bond acceptors (Lipinski definition) is 3. The molecule has 0 saturated carbocycles. The molecule has 0 fully saturated rings. The van der Waals surface area contributed by atoms with Crippen LogP contribution >= 0.6 is 0 Å². The second-order valence-corrected chi connectivity index (χ2v) is 2.48.